The van der Waals surface area contributed by atoms with Crippen molar-refractivity contribution in [1.82, 2.24) is 53.2 Å². The van der Waals surface area contributed by atoms with Crippen molar-refractivity contribution in [2.75, 3.05) is 45.8 Å². The molecule has 34 heteroatoms. The van der Waals surface area contributed by atoms with Gasteiger partial charge in [0.2, 0.25) is 53.2 Å². The van der Waals surface area contributed by atoms with Gasteiger partial charge in [0, 0.05) is 67.7 Å². The molecule has 0 aromatic heterocycles. The summed E-state index contributed by atoms with van der Waals surface area (Å²) in [6.07, 6.45) is 1.41. The van der Waals surface area contributed by atoms with Crippen molar-refractivity contribution in [3.05, 3.63) is 75.9 Å². The number of carboxylic acid groups (broad SMARTS) is 3. The lowest BCUT2D eigenvalue weighted by atomic mass is 9.90. The maximum absolute atomic E-state index is 14.1. The first-order valence-corrected chi connectivity index (χ1v) is 31.4. The van der Waals surface area contributed by atoms with Crippen LogP contribution in [0.1, 0.15) is 131 Å². The number of rotatable bonds is 43. The number of nitrogens with zero attached hydrogens (tertiary/aromatic N) is 1. The van der Waals surface area contributed by atoms with E-state index in [0.717, 1.165) is 13.0 Å². The second-order valence-electron chi connectivity index (χ2n) is 22.7. The van der Waals surface area contributed by atoms with E-state index in [-0.39, 0.29) is 130 Å². The Labute approximate surface area is 556 Å². The largest absolute Gasteiger partial charge is 0.508 e. The number of carbonyl (C=O) groups is 13. The van der Waals surface area contributed by atoms with Gasteiger partial charge >= 0.3 is 17.9 Å². The molecule has 1 aliphatic heterocycles. The number of carbonyl (C=O) groups excluding carboxylic acids is 10. The van der Waals surface area contributed by atoms with Crippen molar-refractivity contribution >= 4 is 93.9 Å². The summed E-state index contributed by atoms with van der Waals surface area (Å²) in [7, 11) is 0. The number of phenolic OH excluding ortho intramolecular Hbond substituents is 1. The Balaban J connectivity index is 1.53. The number of hydrogen-bond acceptors (Lipinski definition) is 19. The van der Waals surface area contributed by atoms with Gasteiger partial charge in [-0.2, -0.15) is 0 Å². The van der Waals surface area contributed by atoms with Crippen LogP contribution in [0.5, 0.6) is 5.75 Å². The average molecular weight is 1360 g/mol. The Kier molecular flexibility index (Phi) is 32.8. The molecule has 22 N–H and O–H groups in total. The monoisotopic (exact) mass is 1360 g/mol. The summed E-state index contributed by atoms with van der Waals surface area (Å²) in [5.41, 5.74) is 22.3. The summed E-state index contributed by atoms with van der Waals surface area (Å²) in [5.74, 6) is -12.6. The number of aliphatic carboxylic acids is 2. The fourth-order valence-corrected chi connectivity index (χ4v) is 10.2. The Morgan fingerprint density at radius 2 is 1.00 bits per heavy atom. The van der Waals surface area contributed by atoms with E-state index in [2.05, 4.69) is 58.2 Å². The third kappa shape index (κ3) is 27.2. The van der Waals surface area contributed by atoms with E-state index in [1.165, 1.54) is 55.5 Å². The van der Waals surface area contributed by atoms with E-state index in [9.17, 15) is 87.5 Å². The molecule has 0 saturated heterocycles. The smallest absolute Gasteiger partial charge is 0.336 e. The highest BCUT2D eigenvalue weighted by Crippen LogP contribution is 2.42. The normalized spacial score (nSPS) is 12.8. The van der Waals surface area contributed by atoms with Crippen LogP contribution in [0.3, 0.4) is 0 Å². The lowest BCUT2D eigenvalue weighted by Crippen LogP contribution is -2.56. The summed E-state index contributed by atoms with van der Waals surface area (Å²) in [4.78, 5) is 185. The number of amides is 10. The van der Waals surface area contributed by atoms with Crippen molar-refractivity contribution in [1.29, 1.82) is 0 Å². The van der Waals surface area contributed by atoms with E-state index in [1.54, 1.807) is 0 Å². The van der Waals surface area contributed by atoms with Gasteiger partial charge < -0.3 is 101 Å². The van der Waals surface area contributed by atoms with Gasteiger partial charge in [0.1, 0.15) is 59.9 Å². The van der Waals surface area contributed by atoms with E-state index in [1.807, 2.05) is 0 Å². The van der Waals surface area contributed by atoms with Gasteiger partial charge in [-0.15, -0.1) is 0 Å². The minimum atomic E-state index is -1.84. The minimum Gasteiger partial charge on any atom is -0.508 e. The Bertz CT molecular complexity index is 3520. The van der Waals surface area contributed by atoms with Crippen LogP contribution >= 0.6 is 0 Å². The number of phenols is 1. The number of aromatic carboxylic acids is 1. The maximum atomic E-state index is 14.1. The Morgan fingerprint density at radius 1 is 0.505 bits per heavy atom. The second kappa shape index (κ2) is 40.5. The van der Waals surface area contributed by atoms with Gasteiger partial charge in [-0.1, -0.05) is 6.07 Å². The van der Waals surface area contributed by atoms with Crippen molar-refractivity contribution in [2.24, 2.45) is 27.9 Å². The number of aliphatic imine (C=N–C) groups is 1. The predicted octanol–water partition coefficient (Wildman–Crippen LogP) is -1.79. The van der Waals surface area contributed by atoms with Gasteiger partial charge in [0.15, 0.2) is 11.4 Å². The van der Waals surface area contributed by atoms with Crippen LogP contribution in [-0.4, -0.2) is 185 Å². The molecule has 2 aromatic rings. The molecular formula is C63H87N15O19. The summed E-state index contributed by atoms with van der Waals surface area (Å²) >= 11 is 0. The van der Waals surface area contributed by atoms with Crippen LogP contribution in [0.15, 0.2) is 68.8 Å². The molecule has 0 fully saturated rings. The number of aromatic hydroxyl groups is 1. The summed E-state index contributed by atoms with van der Waals surface area (Å²) in [6.45, 7) is 1.23. The SMILES string of the molecule is CC(=O)N[C@@H](CCCN=C(N)N)C(=O)NCC(=O)N[C@@H](CC(=O)O)C(=O)N[C@@H](CCCCNC(=O)c1ccc(-c2c3ccc(=O)cc-3oc3cc(O)ccc23)c(C(=O)O)c1)C(=O)NCCCC[C@H](NC(=O)[C@@H](CCCCN)NC(=O)[C@@H](CCCCN)NC(C)=O)C(=O)NCC(=O)O. The van der Waals surface area contributed by atoms with Crippen molar-refractivity contribution in [2.45, 2.75) is 146 Å². The van der Waals surface area contributed by atoms with Gasteiger partial charge in [0.25, 0.3) is 5.91 Å². The van der Waals surface area contributed by atoms with Crippen LogP contribution in [-0.2, 0) is 52.7 Å². The molecule has 0 radical (unpaired) electrons. The first-order chi connectivity index (χ1) is 46.1. The first kappa shape index (κ1) is 78.7. The number of fused-ring (bicyclic) bond motifs is 2. The maximum Gasteiger partial charge on any atom is 0.336 e. The highest BCUT2D eigenvalue weighted by Gasteiger charge is 2.32. The molecule has 0 unspecified atom stereocenters. The number of unbranched alkanes of at least 4 members (excludes halogenated alkanes) is 4. The standard InChI is InChI=1S/C63H87N15O19/c1-34(79)73-43(16-11-27-70-63(66)67)57(90)71-32-51(83)75-48(31-52(84)85)61(94)77-44(14-5-9-25-68-55(88)36-17-20-39(42(28-36)62(95)96)54-40-21-18-37(81)29-49(40)97-50-30-38(82)19-22-41(50)54)56(89)69-26-10-6-15-45(58(91)72-33-53(86)87)76-60(93)47(13-4-8-24-65)78-59(92)46(74-35(2)80)12-3-7-23-64/h17-22,28-30,43-48,81H,3-16,23-27,31-33,64-65H2,1-2H3,(H,68,88)(H,69,89)(H,71,90)(H,72,91)(H,73,79)(H,74,80)(H,75,83)(H,76,93)(H,77,94)(H,78,92)(H,84,85)(H,86,87)(H,95,96)(H4,66,67,70)/t43-,44-,45-,46+,47+,48-/m0/s1. The molecule has 97 heavy (non-hydrogen) atoms. The lowest BCUT2D eigenvalue weighted by Gasteiger charge is -2.25. The molecule has 1 aliphatic carbocycles. The summed E-state index contributed by atoms with van der Waals surface area (Å²) < 4.78 is 5.90. The van der Waals surface area contributed by atoms with Crippen LogP contribution in [0.2, 0.25) is 0 Å². The van der Waals surface area contributed by atoms with Gasteiger partial charge in [-0.05, 0) is 145 Å². The second-order valence-corrected chi connectivity index (χ2v) is 22.7. The molecule has 0 spiro atoms. The van der Waals surface area contributed by atoms with Crippen LogP contribution < -0.4 is 81.5 Å². The lowest BCUT2D eigenvalue weighted by molar-refractivity contribution is -0.141. The number of carboxylic acids is 3. The molecule has 1 heterocycles. The molecule has 528 valence electrons. The third-order valence-electron chi connectivity index (χ3n) is 14.9. The number of benzene rings is 3. The average Bonchev–Trinajstić information content (AvgIpc) is 0.749. The predicted molar refractivity (Wildman–Crippen MR) is 351 cm³/mol. The molecule has 10 amide bonds. The quantitative estimate of drug-likeness (QED) is 0.0101. The van der Waals surface area contributed by atoms with E-state index in [0.29, 0.717) is 48.7 Å². The number of guanidine groups is 1. The van der Waals surface area contributed by atoms with Crippen molar-refractivity contribution < 1.29 is 87.2 Å². The fraction of sp³-hybridized carbons (Fsp3) is 0.476. The molecule has 4 rings (SSSR count). The van der Waals surface area contributed by atoms with E-state index < -0.39 is 138 Å². The minimum absolute atomic E-state index is 0.0409. The first-order valence-electron chi connectivity index (χ1n) is 31.4. The van der Waals surface area contributed by atoms with Gasteiger partial charge in [-0.3, -0.25) is 67.3 Å². The third-order valence-corrected chi connectivity index (χ3v) is 14.9. The van der Waals surface area contributed by atoms with Gasteiger partial charge in [0.05, 0.1) is 18.5 Å². The number of hydrogen-bond donors (Lipinski definition) is 18. The van der Waals surface area contributed by atoms with E-state index in [4.69, 9.17) is 27.4 Å². The zero-order valence-corrected chi connectivity index (χ0v) is 53.9. The molecule has 2 aromatic carbocycles. The molecule has 2 aliphatic rings. The molecule has 0 saturated carbocycles. The van der Waals surface area contributed by atoms with Crippen LogP contribution in [0.25, 0.3) is 33.4 Å². The van der Waals surface area contributed by atoms with E-state index >= 15 is 0 Å². The molecule has 34 nitrogen and oxygen atoms in total. The van der Waals surface area contributed by atoms with Crippen LogP contribution in [0, 0.1) is 0 Å². The highest BCUT2D eigenvalue weighted by atomic mass is 16.4. The molecule has 6 atom stereocenters. The number of nitrogens with two attached hydrogens (primary N) is 4. The number of nitrogens with one attached hydrogen (secondary N) is 10. The Hall–Kier alpha value is -10.8. The Morgan fingerprint density at radius 3 is 1.54 bits per heavy atom. The zero-order valence-electron chi connectivity index (χ0n) is 53.9. The van der Waals surface area contributed by atoms with Crippen molar-refractivity contribution in [3.63, 3.8) is 0 Å². The molecule has 0 bridgehead atoms. The summed E-state index contributed by atoms with van der Waals surface area (Å²) in [5, 5.41) is 65.0. The van der Waals surface area contributed by atoms with Crippen LogP contribution in [0.4, 0.5) is 0 Å². The highest BCUT2D eigenvalue weighted by molar-refractivity contribution is 6.09. The fourth-order valence-electron chi connectivity index (χ4n) is 10.2. The zero-order chi connectivity index (χ0) is 71.7. The molecular weight excluding hydrogens is 1270 g/mol. The van der Waals surface area contributed by atoms with Gasteiger partial charge in [-0.25, -0.2) is 4.79 Å². The topological polar surface area (TPSA) is 570 Å². The van der Waals surface area contributed by atoms with Crippen molar-refractivity contribution in [3.8, 4) is 28.2 Å². The summed E-state index contributed by atoms with van der Waals surface area (Å²) in [6, 6.07) is 4.00.